The summed E-state index contributed by atoms with van der Waals surface area (Å²) in [5.74, 6) is -2.77. The summed E-state index contributed by atoms with van der Waals surface area (Å²) in [6.07, 6.45) is 0.534. The normalized spacial score (nSPS) is 22.9. The molecule has 1 aromatic carbocycles. The minimum Gasteiger partial charge on any atom is -0.490 e. The van der Waals surface area contributed by atoms with Crippen molar-refractivity contribution in [2.45, 2.75) is 6.42 Å². The molecule has 86 valence electrons. The molecule has 1 aliphatic carbocycles. The maximum atomic E-state index is 13.1. The highest BCUT2D eigenvalue weighted by molar-refractivity contribution is 5.73. The van der Waals surface area contributed by atoms with Gasteiger partial charge in [-0.15, -0.1) is 0 Å². The predicted molar refractivity (Wildman–Crippen MR) is 51.1 cm³/mol. The third-order valence-electron chi connectivity index (χ3n) is 2.59. The topological polar surface area (TPSA) is 46.5 Å². The van der Waals surface area contributed by atoms with E-state index in [1.807, 2.05) is 0 Å². The second-order valence-electron chi connectivity index (χ2n) is 3.83. The van der Waals surface area contributed by atoms with Gasteiger partial charge in [0, 0.05) is 12.0 Å². The van der Waals surface area contributed by atoms with Gasteiger partial charge in [-0.3, -0.25) is 4.79 Å². The summed E-state index contributed by atoms with van der Waals surface area (Å²) in [7, 11) is 0. The van der Waals surface area contributed by atoms with Crippen LogP contribution in [0.2, 0.25) is 0 Å². The molecule has 3 nitrogen and oxygen atoms in total. The minimum absolute atomic E-state index is 0.0971. The van der Waals surface area contributed by atoms with Crippen LogP contribution in [-0.4, -0.2) is 17.7 Å². The first kappa shape index (κ1) is 10.9. The van der Waals surface area contributed by atoms with Gasteiger partial charge < -0.3 is 9.84 Å². The van der Waals surface area contributed by atoms with Crippen molar-refractivity contribution in [3.63, 3.8) is 0 Å². The Morgan fingerprint density at radius 1 is 1.50 bits per heavy atom. The molecule has 0 spiro atoms. The lowest BCUT2D eigenvalue weighted by Crippen LogP contribution is -2.07. The van der Waals surface area contributed by atoms with Crippen molar-refractivity contribution in [3.05, 3.63) is 29.8 Å². The lowest BCUT2D eigenvalue weighted by Gasteiger charge is -2.06. The van der Waals surface area contributed by atoms with Gasteiger partial charge in [-0.1, -0.05) is 0 Å². The molecule has 2 atom stereocenters. The first-order valence-electron chi connectivity index (χ1n) is 4.88. The van der Waals surface area contributed by atoms with E-state index in [0.717, 1.165) is 18.2 Å². The maximum Gasteiger partial charge on any atom is 0.306 e. The van der Waals surface area contributed by atoms with Crippen LogP contribution in [0.25, 0.3) is 0 Å². The van der Waals surface area contributed by atoms with Gasteiger partial charge in [0.05, 0.1) is 12.5 Å². The molecule has 0 heterocycles. The second-order valence-corrected chi connectivity index (χ2v) is 3.83. The highest BCUT2D eigenvalue weighted by Gasteiger charge is 2.43. The lowest BCUT2D eigenvalue weighted by molar-refractivity contribution is -0.138. The summed E-state index contributed by atoms with van der Waals surface area (Å²) < 4.78 is 30.9. The zero-order valence-electron chi connectivity index (χ0n) is 8.32. The maximum absolute atomic E-state index is 13.1. The number of rotatable bonds is 4. The Morgan fingerprint density at radius 2 is 2.25 bits per heavy atom. The van der Waals surface area contributed by atoms with E-state index in [1.54, 1.807) is 0 Å². The molecule has 0 bridgehead atoms. The number of hydrogen-bond donors (Lipinski definition) is 1. The van der Waals surface area contributed by atoms with Crippen LogP contribution in [0.1, 0.15) is 6.42 Å². The van der Waals surface area contributed by atoms with Crippen LogP contribution in [-0.2, 0) is 4.79 Å². The highest BCUT2D eigenvalue weighted by Crippen LogP contribution is 2.39. The Bertz CT molecular complexity index is 420. The summed E-state index contributed by atoms with van der Waals surface area (Å²) in [6.45, 7) is 0.108. The van der Waals surface area contributed by atoms with Crippen molar-refractivity contribution in [1.29, 1.82) is 0 Å². The Kier molecular flexibility index (Phi) is 2.77. The first-order valence-corrected chi connectivity index (χ1v) is 4.88. The monoisotopic (exact) mass is 228 g/mol. The summed E-state index contributed by atoms with van der Waals surface area (Å²) in [6, 6.07) is 2.93. The molecular weight excluding hydrogens is 218 g/mol. The summed E-state index contributed by atoms with van der Waals surface area (Å²) in [5, 5.41) is 8.63. The van der Waals surface area contributed by atoms with Crippen molar-refractivity contribution in [2.75, 3.05) is 6.61 Å². The van der Waals surface area contributed by atoms with Gasteiger partial charge in [-0.2, -0.15) is 0 Å². The van der Waals surface area contributed by atoms with E-state index in [1.165, 1.54) is 0 Å². The number of halogens is 2. The van der Waals surface area contributed by atoms with Crippen molar-refractivity contribution in [3.8, 4) is 5.75 Å². The van der Waals surface area contributed by atoms with Crippen molar-refractivity contribution >= 4 is 5.97 Å². The molecule has 0 radical (unpaired) electrons. The molecule has 5 heteroatoms. The van der Waals surface area contributed by atoms with Crippen LogP contribution >= 0.6 is 0 Å². The van der Waals surface area contributed by atoms with Crippen LogP contribution in [0.3, 0.4) is 0 Å². The number of aliphatic carboxylic acids is 1. The van der Waals surface area contributed by atoms with Gasteiger partial charge >= 0.3 is 5.97 Å². The fraction of sp³-hybridized carbons (Fsp3) is 0.364. The second kappa shape index (κ2) is 4.08. The average molecular weight is 228 g/mol. The molecule has 1 saturated carbocycles. The van der Waals surface area contributed by atoms with Gasteiger partial charge in [0.1, 0.15) is 5.82 Å². The predicted octanol–water partition coefficient (Wildman–Crippen LogP) is 2.06. The van der Waals surface area contributed by atoms with Crippen LogP contribution in [0.5, 0.6) is 5.75 Å². The van der Waals surface area contributed by atoms with Crippen molar-refractivity contribution in [1.82, 2.24) is 0 Å². The van der Waals surface area contributed by atoms with Gasteiger partial charge in [0.15, 0.2) is 11.6 Å². The number of carboxylic acid groups (broad SMARTS) is 1. The van der Waals surface area contributed by atoms with E-state index in [4.69, 9.17) is 9.84 Å². The standard InChI is InChI=1S/C11H10F2O3/c12-7-1-2-9(13)10(4-7)16-5-6-3-8(6)11(14)15/h1-2,4,6,8H,3,5H2,(H,14,15). The molecule has 1 aromatic rings. The molecule has 2 rings (SSSR count). The molecule has 0 amide bonds. The van der Waals surface area contributed by atoms with Gasteiger partial charge in [-0.05, 0) is 18.6 Å². The minimum atomic E-state index is -0.867. The number of benzene rings is 1. The number of carbonyl (C=O) groups is 1. The molecule has 1 fully saturated rings. The fourth-order valence-electron chi connectivity index (χ4n) is 1.52. The van der Waals surface area contributed by atoms with E-state index < -0.39 is 23.5 Å². The molecule has 2 unspecified atom stereocenters. The Hall–Kier alpha value is -1.65. The first-order chi connectivity index (χ1) is 7.58. The van der Waals surface area contributed by atoms with E-state index in [-0.39, 0.29) is 18.3 Å². The summed E-state index contributed by atoms with van der Waals surface area (Å²) >= 11 is 0. The zero-order valence-corrected chi connectivity index (χ0v) is 8.32. The summed E-state index contributed by atoms with van der Waals surface area (Å²) in [4.78, 5) is 10.5. The van der Waals surface area contributed by atoms with Crippen LogP contribution in [0, 0.1) is 23.5 Å². The van der Waals surface area contributed by atoms with Crippen molar-refractivity contribution < 1.29 is 23.4 Å². The van der Waals surface area contributed by atoms with E-state index in [0.29, 0.717) is 6.42 Å². The molecule has 0 saturated heterocycles. The van der Waals surface area contributed by atoms with Gasteiger partial charge in [-0.25, -0.2) is 8.78 Å². The van der Waals surface area contributed by atoms with E-state index in [9.17, 15) is 13.6 Å². The number of hydrogen-bond acceptors (Lipinski definition) is 2. The van der Waals surface area contributed by atoms with E-state index in [2.05, 4.69) is 0 Å². The van der Waals surface area contributed by atoms with Gasteiger partial charge in [0.25, 0.3) is 0 Å². The molecule has 16 heavy (non-hydrogen) atoms. The quantitative estimate of drug-likeness (QED) is 0.858. The SMILES string of the molecule is O=C(O)C1CC1COc1cc(F)ccc1F. The lowest BCUT2D eigenvalue weighted by atomic mass is 10.3. The van der Waals surface area contributed by atoms with Gasteiger partial charge in [0.2, 0.25) is 0 Å². The van der Waals surface area contributed by atoms with E-state index >= 15 is 0 Å². The molecular formula is C11H10F2O3. The fourth-order valence-corrected chi connectivity index (χ4v) is 1.52. The summed E-state index contributed by atoms with van der Waals surface area (Å²) in [5.41, 5.74) is 0. The molecule has 1 aliphatic rings. The molecule has 0 aromatic heterocycles. The number of carboxylic acids is 1. The van der Waals surface area contributed by atoms with Crippen molar-refractivity contribution in [2.24, 2.45) is 11.8 Å². The molecule has 0 aliphatic heterocycles. The largest absolute Gasteiger partial charge is 0.490 e. The third-order valence-corrected chi connectivity index (χ3v) is 2.59. The zero-order chi connectivity index (χ0) is 11.7. The van der Waals surface area contributed by atoms with Crippen LogP contribution in [0.4, 0.5) is 8.78 Å². The average Bonchev–Trinajstić information content (AvgIpc) is 2.99. The number of ether oxygens (including phenoxy) is 1. The Balaban J connectivity index is 1.91. The third kappa shape index (κ3) is 2.29. The van der Waals surface area contributed by atoms with Crippen LogP contribution in [0.15, 0.2) is 18.2 Å². The smallest absolute Gasteiger partial charge is 0.306 e. The highest BCUT2D eigenvalue weighted by atomic mass is 19.1. The Labute approximate surface area is 90.7 Å². The van der Waals surface area contributed by atoms with Crippen LogP contribution < -0.4 is 4.74 Å². The Morgan fingerprint density at radius 3 is 2.88 bits per heavy atom. The molecule has 1 N–H and O–H groups in total.